The molecule has 0 radical (unpaired) electrons. The summed E-state index contributed by atoms with van der Waals surface area (Å²) in [4.78, 5) is 0.348. The summed E-state index contributed by atoms with van der Waals surface area (Å²) < 4.78 is 31.8. The number of nitrogens with two attached hydrogens (primary N) is 1. The normalized spacial score (nSPS) is 15.8. The van der Waals surface area contributed by atoms with Crippen molar-refractivity contribution in [2.24, 2.45) is 5.73 Å². The van der Waals surface area contributed by atoms with E-state index in [2.05, 4.69) is 0 Å². The predicted octanol–water partition coefficient (Wildman–Crippen LogP) is 0.987. The van der Waals surface area contributed by atoms with Gasteiger partial charge in [0.2, 0.25) is 10.0 Å². The summed E-state index contributed by atoms with van der Waals surface area (Å²) in [6, 6.07) is 7.15. The third-order valence-corrected chi connectivity index (χ3v) is 5.40. The van der Waals surface area contributed by atoms with E-state index in [1.165, 1.54) is 0 Å². The fourth-order valence-corrected chi connectivity index (χ4v) is 3.84. The van der Waals surface area contributed by atoms with Gasteiger partial charge in [0.15, 0.2) is 0 Å². The van der Waals surface area contributed by atoms with Gasteiger partial charge in [0.25, 0.3) is 0 Å². The Bertz CT molecular complexity index is 524. The molecule has 1 aromatic carbocycles. The SMILES string of the molecule is COCCN(C1CC1)S(=O)(=O)c1ccc(CCN)cc1. The molecule has 1 aliphatic carbocycles. The van der Waals surface area contributed by atoms with Crippen molar-refractivity contribution in [3.63, 3.8) is 0 Å². The summed E-state index contributed by atoms with van der Waals surface area (Å²) in [6.45, 7) is 1.39. The van der Waals surface area contributed by atoms with Crippen LogP contribution < -0.4 is 5.73 Å². The third-order valence-electron chi connectivity index (χ3n) is 3.43. The van der Waals surface area contributed by atoms with Gasteiger partial charge in [-0.2, -0.15) is 4.31 Å². The molecule has 0 amide bonds. The third kappa shape index (κ3) is 3.58. The van der Waals surface area contributed by atoms with Crippen LogP contribution in [0.2, 0.25) is 0 Å². The minimum absolute atomic E-state index is 0.138. The minimum atomic E-state index is -3.42. The molecular formula is C14H22N2O3S. The lowest BCUT2D eigenvalue weighted by Crippen LogP contribution is -2.35. The summed E-state index contributed by atoms with van der Waals surface area (Å²) in [5.41, 5.74) is 6.55. The molecule has 112 valence electrons. The summed E-state index contributed by atoms with van der Waals surface area (Å²) in [5, 5.41) is 0. The maximum absolute atomic E-state index is 12.6. The Labute approximate surface area is 120 Å². The highest BCUT2D eigenvalue weighted by Gasteiger charge is 2.37. The van der Waals surface area contributed by atoms with Gasteiger partial charge in [-0.3, -0.25) is 0 Å². The Morgan fingerprint density at radius 1 is 1.30 bits per heavy atom. The Hall–Kier alpha value is -0.950. The van der Waals surface area contributed by atoms with Crippen molar-refractivity contribution in [1.82, 2.24) is 4.31 Å². The van der Waals surface area contributed by atoms with Crippen LogP contribution in [-0.2, 0) is 21.2 Å². The van der Waals surface area contributed by atoms with E-state index >= 15 is 0 Å². The number of nitrogens with zero attached hydrogens (tertiary/aromatic N) is 1. The first-order chi connectivity index (χ1) is 9.59. The minimum Gasteiger partial charge on any atom is -0.383 e. The van der Waals surface area contributed by atoms with E-state index in [0.29, 0.717) is 24.6 Å². The average molecular weight is 298 g/mol. The van der Waals surface area contributed by atoms with E-state index < -0.39 is 10.0 Å². The highest BCUT2D eigenvalue weighted by atomic mass is 32.2. The topological polar surface area (TPSA) is 72.6 Å². The number of ether oxygens (including phenoxy) is 1. The molecule has 6 heteroatoms. The first kappa shape index (κ1) is 15.4. The quantitative estimate of drug-likeness (QED) is 0.777. The van der Waals surface area contributed by atoms with E-state index in [-0.39, 0.29) is 6.04 Å². The van der Waals surface area contributed by atoms with Crippen LogP contribution in [-0.4, -0.2) is 45.6 Å². The van der Waals surface area contributed by atoms with E-state index in [1.54, 1.807) is 23.5 Å². The maximum Gasteiger partial charge on any atom is 0.243 e. The largest absolute Gasteiger partial charge is 0.383 e. The van der Waals surface area contributed by atoms with Gasteiger partial charge in [0.1, 0.15) is 0 Å². The molecule has 0 heterocycles. The van der Waals surface area contributed by atoms with Crippen molar-refractivity contribution in [2.75, 3.05) is 26.8 Å². The Kier molecular flexibility index (Phi) is 5.15. The molecule has 5 nitrogen and oxygen atoms in total. The van der Waals surface area contributed by atoms with Gasteiger partial charge in [-0.15, -0.1) is 0 Å². The average Bonchev–Trinajstić information content (AvgIpc) is 3.24. The molecule has 1 aromatic rings. The molecule has 0 aliphatic heterocycles. The highest BCUT2D eigenvalue weighted by molar-refractivity contribution is 7.89. The molecule has 2 N–H and O–H groups in total. The molecule has 0 spiro atoms. The van der Waals surface area contributed by atoms with E-state index in [9.17, 15) is 8.42 Å². The smallest absolute Gasteiger partial charge is 0.243 e. The van der Waals surface area contributed by atoms with E-state index in [4.69, 9.17) is 10.5 Å². The molecule has 0 bridgehead atoms. The first-order valence-corrected chi connectivity index (χ1v) is 8.33. The molecule has 1 saturated carbocycles. The Morgan fingerprint density at radius 3 is 2.45 bits per heavy atom. The first-order valence-electron chi connectivity index (χ1n) is 6.89. The number of rotatable bonds is 8. The molecule has 0 atom stereocenters. The summed E-state index contributed by atoms with van der Waals surface area (Å²) >= 11 is 0. The lowest BCUT2D eigenvalue weighted by Gasteiger charge is -2.21. The predicted molar refractivity (Wildman–Crippen MR) is 78.0 cm³/mol. The van der Waals surface area contributed by atoms with Gasteiger partial charge in [0, 0.05) is 19.7 Å². The van der Waals surface area contributed by atoms with Crippen LogP contribution in [0.1, 0.15) is 18.4 Å². The zero-order valence-corrected chi connectivity index (χ0v) is 12.6. The number of benzene rings is 1. The van der Waals surface area contributed by atoms with Crippen LogP contribution in [0.25, 0.3) is 0 Å². The van der Waals surface area contributed by atoms with E-state index in [0.717, 1.165) is 24.8 Å². The van der Waals surface area contributed by atoms with Gasteiger partial charge in [-0.25, -0.2) is 8.42 Å². The van der Waals surface area contributed by atoms with Crippen LogP contribution in [0.4, 0.5) is 0 Å². The molecule has 0 aromatic heterocycles. The molecule has 20 heavy (non-hydrogen) atoms. The van der Waals surface area contributed by atoms with Crippen molar-refractivity contribution in [3.8, 4) is 0 Å². The standard InChI is InChI=1S/C14H22N2O3S/c1-19-11-10-16(13-4-5-13)20(17,18)14-6-2-12(3-7-14)8-9-15/h2-3,6-7,13H,4-5,8-11,15H2,1H3. The second-order valence-electron chi connectivity index (χ2n) is 5.02. The Balaban J connectivity index is 2.18. The number of hydrogen-bond acceptors (Lipinski definition) is 4. The molecule has 0 unspecified atom stereocenters. The second kappa shape index (κ2) is 6.67. The van der Waals surface area contributed by atoms with Gasteiger partial charge in [-0.1, -0.05) is 12.1 Å². The Morgan fingerprint density at radius 2 is 1.95 bits per heavy atom. The fourth-order valence-electron chi connectivity index (χ4n) is 2.17. The van der Waals surface area contributed by atoms with Crippen molar-refractivity contribution < 1.29 is 13.2 Å². The number of hydrogen-bond donors (Lipinski definition) is 1. The highest BCUT2D eigenvalue weighted by Crippen LogP contribution is 2.31. The molecule has 1 fully saturated rings. The summed E-state index contributed by atoms with van der Waals surface area (Å²) in [7, 11) is -1.84. The van der Waals surface area contributed by atoms with Crippen LogP contribution in [0.15, 0.2) is 29.2 Å². The second-order valence-corrected chi connectivity index (χ2v) is 6.91. The van der Waals surface area contributed by atoms with Crippen molar-refractivity contribution in [3.05, 3.63) is 29.8 Å². The molecule has 0 saturated heterocycles. The van der Waals surface area contributed by atoms with Gasteiger partial charge < -0.3 is 10.5 Å². The molecule has 1 aliphatic rings. The van der Waals surface area contributed by atoms with Crippen molar-refractivity contribution in [1.29, 1.82) is 0 Å². The van der Waals surface area contributed by atoms with Gasteiger partial charge in [-0.05, 0) is 43.5 Å². The summed E-state index contributed by atoms with van der Waals surface area (Å²) in [5.74, 6) is 0. The van der Waals surface area contributed by atoms with Crippen molar-refractivity contribution >= 4 is 10.0 Å². The van der Waals surface area contributed by atoms with Crippen LogP contribution in [0.3, 0.4) is 0 Å². The number of methoxy groups -OCH3 is 1. The van der Waals surface area contributed by atoms with Gasteiger partial charge >= 0.3 is 0 Å². The lowest BCUT2D eigenvalue weighted by molar-refractivity contribution is 0.177. The summed E-state index contributed by atoms with van der Waals surface area (Å²) in [6.07, 6.45) is 2.64. The van der Waals surface area contributed by atoms with Crippen LogP contribution >= 0.6 is 0 Å². The maximum atomic E-state index is 12.6. The lowest BCUT2D eigenvalue weighted by atomic mass is 10.2. The van der Waals surface area contributed by atoms with Crippen LogP contribution in [0, 0.1) is 0 Å². The molecule has 2 rings (SSSR count). The zero-order chi connectivity index (χ0) is 14.6. The van der Waals surface area contributed by atoms with Crippen LogP contribution in [0.5, 0.6) is 0 Å². The molecular weight excluding hydrogens is 276 g/mol. The van der Waals surface area contributed by atoms with Gasteiger partial charge in [0.05, 0.1) is 11.5 Å². The number of sulfonamides is 1. The van der Waals surface area contributed by atoms with Crippen molar-refractivity contribution in [2.45, 2.75) is 30.2 Å². The monoisotopic (exact) mass is 298 g/mol. The van der Waals surface area contributed by atoms with E-state index in [1.807, 2.05) is 12.1 Å². The fraction of sp³-hybridized carbons (Fsp3) is 0.571. The zero-order valence-electron chi connectivity index (χ0n) is 11.8.